The van der Waals surface area contributed by atoms with Gasteiger partial charge in [0.2, 0.25) is 0 Å². The highest BCUT2D eigenvalue weighted by molar-refractivity contribution is 5.21. The van der Waals surface area contributed by atoms with Crippen LogP contribution in [0.1, 0.15) is 24.1 Å². The second-order valence-corrected chi connectivity index (χ2v) is 7.12. The van der Waals surface area contributed by atoms with E-state index < -0.39 is 0 Å². The normalized spacial score (nSPS) is 27.3. The van der Waals surface area contributed by atoms with Crippen molar-refractivity contribution >= 4 is 0 Å². The number of aryl methyl sites for hydroxylation is 1. The van der Waals surface area contributed by atoms with Crippen molar-refractivity contribution in [1.82, 2.24) is 14.7 Å². The van der Waals surface area contributed by atoms with Crippen LogP contribution in [0, 0.1) is 18.8 Å². The third kappa shape index (κ3) is 3.00. The molecule has 2 aromatic rings. The van der Waals surface area contributed by atoms with Gasteiger partial charge in [-0.15, -0.1) is 0 Å². The molecule has 23 heavy (non-hydrogen) atoms. The Labute approximate surface area is 138 Å². The van der Waals surface area contributed by atoms with Gasteiger partial charge in [0.1, 0.15) is 5.75 Å². The lowest BCUT2D eigenvalue weighted by molar-refractivity contribution is 0.184. The third-order valence-corrected chi connectivity index (χ3v) is 5.56. The summed E-state index contributed by atoms with van der Waals surface area (Å²) in [5.41, 5.74) is 2.65. The molecule has 1 aliphatic carbocycles. The van der Waals surface area contributed by atoms with Crippen LogP contribution in [0.5, 0.6) is 5.75 Å². The summed E-state index contributed by atoms with van der Waals surface area (Å²) >= 11 is 0. The lowest BCUT2D eigenvalue weighted by Gasteiger charge is -2.19. The van der Waals surface area contributed by atoms with Gasteiger partial charge in [0, 0.05) is 37.9 Å². The molecule has 0 radical (unpaired) electrons. The summed E-state index contributed by atoms with van der Waals surface area (Å²) in [4.78, 5) is 2.60. The minimum absolute atomic E-state index is 0.398. The zero-order valence-corrected chi connectivity index (χ0v) is 14.0. The van der Waals surface area contributed by atoms with Crippen LogP contribution in [0.25, 0.3) is 0 Å². The van der Waals surface area contributed by atoms with Gasteiger partial charge < -0.3 is 4.74 Å². The maximum atomic E-state index is 6.16. The predicted octanol–water partition coefficient (Wildman–Crippen LogP) is 3.02. The monoisotopic (exact) mass is 311 g/mol. The molecule has 0 bridgehead atoms. The van der Waals surface area contributed by atoms with Gasteiger partial charge in [-0.2, -0.15) is 5.10 Å². The number of nitrogens with zero attached hydrogens (tertiary/aromatic N) is 3. The molecule has 1 aromatic heterocycles. The van der Waals surface area contributed by atoms with E-state index in [1.807, 2.05) is 36.1 Å². The van der Waals surface area contributed by atoms with Gasteiger partial charge in [0.25, 0.3) is 0 Å². The molecule has 1 unspecified atom stereocenters. The van der Waals surface area contributed by atoms with Crippen LogP contribution in [0.15, 0.2) is 36.5 Å². The molecular formula is C19H25N3O. The zero-order valence-electron chi connectivity index (χ0n) is 14.0. The van der Waals surface area contributed by atoms with Crippen LogP contribution in [-0.4, -0.2) is 33.9 Å². The maximum absolute atomic E-state index is 6.16. The van der Waals surface area contributed by atoms with Gasteiger partial charge in [-0.25, -0.2) is 0 Å². The highest BCUT2D eigenvalue weighted by Crippen LogP contribution is 2.40. The third-order valence-electron chi connectivity index (χ3n) is 5.56. The minimum atomic E-state index is 0.398. The Balaban J connectivity index is 1.32. The van der Waals surface area contributed by atoms with Crippen LogP contribution in [0.4, 0.5) is 0 Å². The second kappa shape index (κ2) is 6.00. The van der Waals surface area contributed by atoms with Gasteiger partial charge in [-0.05, 0) is 43.7 Å². The van der Waals surface area contributed by atoms with Crippen molar-refractivity contribution < 1.29 is 4.74 Å². The summed E-state index contributed by atoms with van der Waals surface area (Å²) in [6, 6.07) is 10.2. The molecule has 0 amide bonds. The van der Waals surface area contributed by atoms with Crippen LogP contribution < -0.4 is 4.74 Å². The van der Waals surface area contributed by atoms with Crippen LogP contribution in [-0.2, 0) is 13.6 Å². The number of likely N-dealkylation sites (tertiary alicyclic amines) is 1. The van der Waals surface area contributed by atoms with Gasteiger partial charge in [0.05, 0.1) is 12.3 Å². The first kappa shape index (κ1) is 14.8. The number of hydrogen-bond donors (Lipinski definition) is 0. The highest BCUT2D eigenvalue weighted by Gasteiger charge is 2.41. The molecule has 3 atom stereocenters. The molecule has 0 spiro atoms. The first-order valence-corrected chi connectivity index (χ1v) is 8.60. The average Bonchev–Trinajstić information content (AvgIpc) is 3.17. The molecule has 4 rings (SSSR count). The van der Waals surface area contributed by atoms with E-state index in [0.717, 1.165) is 24.1 Å². The SMILES string of the molecule is Cc1c(CN2C[C@H]3CC(Oc4ccccc4)C[C@H]3C2)cnn1C. The van der Waals surface area contributed by atoms with Gasteiger partial charge in [-0.3, -0.25) is 9.58 Å². The number of aromatic nitrogens is 2. The molecule has 4 nitrogen and oxygen atoms in total. The van der Waals surface area contributed by atoms with E-state index in [1.54, 1.807) is 0 Å². The molecule has 2 heterocycles. The van der Waals surface area contributed by atoms with E-state index >= 15 is 0 Å². The predicted molar refractivity (Wildman–Crippen MR) is 90.3 cm³/mol. The Bertz CT molecular complexity index is 653. The molecular weight excluding hydrogens is 286 g/mol. The summed E-state index contributed by atoms with van der Waals surface area (Å²) in [7, 11) is 2.02. The fourth-order valence-electron chi connectivity index (χ4n) is 4.20. The van der Waals surface area contributed by atoms with Crippen molar-refractivity contribution in [1.29, 1.82) is 0 Å². The summed E-state index contributed by atoms with van der Waals surface area (Å²) < 4.78 is 8.12. The van der Waals surface area contributed by atoms with Gasteiger partial charge in [-0.1, -0.05) is 18.2 Å². The Morgan fingerprint density at radius 2 is 1.83 bits per heavy atom. The molecule has 2 fully saturated rings. The summed E-state index contributed by atoms with van der Waals surface area (Å²) in [6.07, 6.45) is 4.81. The van der Waals surface area contributed by atoms with Crippen LogP contribution >= 0.6 is 0 Å². The quantitative estimate of drug-likeness (QED) is 0.869. The molecule has 0 N–H and O–H groups in total. The van der Waals surface area contributed by atoms with E-state index in [-0.39, 0.29) is 0 Å². The Morgan fingerprint density at radius 1 is 1.13 bits per heavy atom. The van der Waals surface area contributed by atoms with Crippen molar-refractivity contribution in [2.75, 3.05) is 13.1 Å². The van der Waals surface area contributed by atoms with E-state index in [4.69, 9.17) is 4.74 Å². The number of benzene rings is 1. The first-order valence-electron chi connectivity index (χ1n) is 8.60. The Morgan fingerprint density at radius 3 is 2.43 bits per heavy atom. The number of para-hydroxylation sites is 1. The molecule has 1 saturated carbocycles. The van der Waals surface area contributed by atoms with Crippen LogP contribution in [0.3, 0.4) is 0 Å². The summed E-state index contributed by atoms with van der Waals surface area (Å²) in [5, 5.41) is 4.36. The molecule has 2 aliphatic rings. The van der Waals surface area contributed by atoms with E-state index in [1.165, 1.54) is 37.2 Å². The molecule has 4 heteroatoms. The summed E-state index contributed by atoms with van der Waals surface area (Å²) in [5.74, 6) is 2.60. The smallest absolute Gasteiger partial charge is 0.119 e. The van der Waals surface area contributed by atoms with Crippen LogP contribution in [0.2, 0.25) is 0 Å². The fraction of sp³-hybridized carbons (Fsp3) is 0.526. The highest BCUT2D eigenvalue weighted by atomic mass is 16.5. The molecule has 1 aliphatic heterocycles. The molecule has 1 saturated heterocycles. The topological polar surface area (TPSA) is 30.3 Å². The Hall–Kier alpha value is -1.81. The minimum Gasteiger partial charge on any atom is -0.490 e. The average molecular weight is 311 g/mol. The van der Waals surface area contributed by atoms with Gasteiger partial charge >= 0.3 is 0 Å². The fourth-order valence-corrected chi connectivity index (χ4v) is 4.20. The lowest BCUT2D eigenvalue weighted by atomic mass is 10.0. The van der Waals surface area contributed by atoms with Crippen molar-refractivity contribution in [3.63, 3.8) is 0 Å². The largest absolute Gasteiger partial charge is 0.490 e. The van der Waals surface area contributed by atoms with Gasteiger partial charge in [0.15, 0.2) is 0 Å². The van der Waals surface area contributed by atoms with Crippen molar-refractivity contribution in [3.8, 4) is 5.75 Å². The standard InChI is InChI=1S/C19H25N3O/c1-14-17(10-20-21(14)2)13-22-11-15-8-19(9-16(15)12-22)23-18-6-4-3-5-7-18/h3-7,10,15-16,19H,8-9,11-13H2,1-2H3/t15-,16+,19?. The van der Waals surface area contributed by atoms with Crippen molar-refractivity contribution in [3.05, 3.63) is 47.8 Å². The number of hydrogen-bond acceptors (Lipinski definition) is 3. The summed E-state index contributed by atoms with van der Waals surface area (Å²) in [6.45, 7) is 5.60. The van der Waals surface area contributed by atoms with E-state index in [9.17, 15) is 0 Å². The molecule has 122 valence electrons. The molecule has 1 aromatic carbocycles. The van der Waals surface area contributed by atoms with Crippen molar-refractivity contribution in [2.24, 2.45) is 18.9 Å². The number of ether oxygens (including phenoxy) is 1. The number of fused-ring (bicyclic) bond motifs is 1. The second-order valence-electron chi connectivity index (χ2n) is 7.12. The first-order chi connectivity index (χ1) is 11.2. The van der Waals surface area contributed by atoms with E-state index in [0.29, 0.717) is 6.10 Å². The zero-order chi connectivity index (χ0) is 15.8. The lowest BCUT2D eigenvalue weighted by Crippen LogP contribution is -2.24. The van der Waals surface area contributed by atoms with E-state index in [2.05, 4.69) is 29.1 Å². The Kier molecular flexibility index (Phi) is 3.85. The number of rotatable bonds is 4. The maximum Gasteiger partial charge on any atom is 0.119 e. The van der Waals surface area contributed by atoms with Crippen molar-refractivity contribution in [2.45, 2.75) is 32.4 Å².